The lowest BCUT2D eigenvalue weighted by atomic mass is 10.1. The maximum Gasteiger partial charge on any atom is 0.264 e. The summed E-state index contributed by atoms with van der Waals surface area (Å²) in [4.78, 5) is 12.2. The van der Waals surface area contributed by atoms with E-state index >= 15 is 0 Å². The second-order valence-corrected chi connectivity index (χ2v) is 10.5. The standard InChI is InChI=1S/C22H22N2O5S2/c1-15-13-16(2)21(17(3)14-15)31(28,29)23-19-9-11-20(12-10-19)30(26,27)24-22(25)18-7-5-4-6-8-18/h4-14,23H,1-3H3,(H,24,25). The van der Waals surface area contributed by atoms with Gasteiger partial charge in [0.25, 0.3) is 26.0 Å². The van der Waals surface area contributed by atoms with Crippen LogP contribution in [0.4, 0.5) is 5.69 Å². The lowest BCUT2D eigenvalue weighted by Crippen LogP contribution is -2.30. The molecule has 0 aliphatic heterocycles. The van der Waals surface area contributed by atoms with Crippen LogP contribution in [0.1, 0.15) is 27.0 Å². The first kappa shape index (κ1) is 22.5. The van der Waals surface area contributed by atoms with Crippen LogP contribution in [0.3, 0.4) is 0 Å². The van der Waals surface area contributed by atoms with Crippen molar-refractivity contribution < 1.29 is 21.6 Å². The Morgan fingerprint density at radius 1 is 0.742 bits per heavy atom. The molecule has 0 aliphatic rings. The number of nitrogens with one attached hydrogen (secondary N) is 2. The van der Waals surface area contributed by atoms with Crippen LogP contribution in [0, 0.1) is 20.8 Å². The van der Waals surface area contributed by atoms with Gasteiger partial charge in [0.15, 0.2) is 0 Å². The van der Waals surface area contributed by atoms with Crippen molar-refractivity contribution in [1.29, 1.82) is 0 Å². The summed E-state index contributed by atoms with van der Waals surface area (Å²) in [6, 6.07) is 16.6. The third kappa shape index (κ3) is 5.12. The fraction of sp³-hybridized carbons (Fsp3) is 0.136. The van der Waals surface area contributed by atoms with Gasteiger partial charge in [-0.2, -0.15) is 0 Å². The molecule has 0 heterocycles. The maximum absolute atomic E-state index is 12.9. The Morgan fingerprint density at radius 3 is 1.84 bits per heavy atom. The van der Waals surface area contributed by atoms with Gasteiger partial charge in [0.2, 0.25) is 0 Å². The van der Waals surface area contributed by atoms with Gasteiger partial charge in [0, 0.05) is 11.3 Å². The number of carbonyl (C=O) groups is 1. The highest BCUT2D eigenvalue weighted by Gasteiger charge is 2.22. The summed E-state index contributed by atoms with van der Waals surface area (Å²) < 4.78 is 55.1. The molecule has 0 spiro atoms. The van der Waals surface area contributed by atoms with Gasteiger partial charge in [0.05, 0.1) is 9.79 Å². The Morgan fingerprint density at radius 2 is 1.29 bits per heavy atom. The highest BCUT2D eigenvalue weighted by atomic mass is 32.2. The first-order valence-corrected chi connectivity index (χ1v) is 12.3. The van der Waals surface area contributed by atoms with Crippen LogP contribution in [-0.4, -0.2) is 22.7 Å². The third-order valence-corrected chi connectivity index (χ3v) is 7.59. The minimum absolute atomic E-state index is 0.164. The third-order valence-electron chi connectivity index (χ3n) is 4.55. The Bertz CT molecular complexity index is 1310. The first-order chi connectivity index (χ1) is 14.5. The van der Waals surface area contributed by atoms with Crippen molar-refractivity contribution in [2.24, 2.45) is 0 Å². The van der Waals surface area contributed by atoms with E-state index in [4.69, 9.17) is 0 Å². The van der Waals surface area contributed by atoms with Crippen molar-refractivity contribution >= 4 is 31.6 Å². The number of carbonyl (C=O) groups excluding carboxylic acids is 1. The number of anilines is 1. The molecule has 1 amide bonds. The van der Waals surface area contributed by atoms with Crippen LogP contribution in [0.2, 0.25) is 0 Å². The number of rotatable bonds is 6. The van der Waals surface area contributed by atoms with E-state index in [0.717, 1.165) is 5.56 Å². The quantitative estimate of drug-likeness (QED) is 0.587. The fourth-order valence-electron chi connectivity index (χ4n) is 3.33. The average molecular weight is 459 g/mol. The molecular formula is C22H22N2O5S2. The average Bonchev–Trinajstić information content (AvgIpc) is 2.67. The molecule has 3 aromatic carbocycles. The van der Waals surface area contributed by atoms with E-state index in [-0.39, 0.29) is 21.0 Å². The Balaban J connectivity index is 1.81. The zero-order valence-corrected chi connectivity index (χ0v) is 18.8. The normalized spacial score (nSPS) is 11.7. The van der Waals surface area contributed by atoms with E-state index < -0.39 is 26.0 Å². The van der Waals surface area contributed by atoms with Crippen molar-refractivity contribution in [3.63, 3.8) is 0 Å². The fourth-order valence-corrected chi connectivity index (χ4v) is 5.82. The number of sulfonamides is 2. The Kier molecular flexibility index (Phi) is 6.19. The van der Waals surface area contributed by atoms with Crippen molar-refractivity contribution in [3.05, 3.63) is 89.0 Å². The molecule has 0 aliphatic carbocycles. The maximum atomic E-state index is 12.9. The van der Waals surface area contributed by atoms with Gasteiger partial charge < -0.3 is 0 Å². The van der Waals surface area contributed by atoms with Crippen molar-refractivity contribution in [1.82, 2.24) is 4.72 Å². The van der Waals surface area contributed by atoms with E-state index in [9.17, 15) is 21.6 Å². The van der Waals surface area contributed by atoms with E-state index in [2.05, 4.69) is 4.72 Å². The SMILES string of the molecule is Cc1cc(C)c(S(=O)(=O)Nc2ccc(S(=O)(=O)NC(=O)c3ccccc3)cc2)c(C)c1. The molecule has 0 unspecified atom stereocenters. The van der Waals surface area contributed by atoms with Crippen LogP contribution in [-0.2, 0) is 20.0 Å². The van der Waals surface area contributed by atoms with Crippen LogP contribution < -0.4 is 9.44 Å². The minimum atomic E-state index is -4.12. The van der Waals surface area contributed by atoms with Crippen molar-refractivity contribution in [2.45, 2.75) is 30.6 Å². The second kappa shape index (κ2) is 8.52. The van der Waals surface area contributed by atoms with E-state index in [1.807, 2.05) is 11.6 Å². The molecule has 31 heavy (non-hydrogen) atoms. The van der Waals surface area contributed by atoms with Gasteiger partial charge in [-0.1, -0.05) is 35.9 Å². The second-order valence-electron chi connectivity index (χ2n) is 7.16. The summed E-state index contributed by atoms with van der Waals surface area (Å²) in [5, 5.41) is 0. The number of hydrogen-bond donors (Lipinski definition) is 2. The molecule has 3 rings (SSSR count). The van der Waals surface area contributed by atoms with Gasteiger partial charge >= 0.3 is 0 Å². The zero-order valence-electron chi connectivity index (χ0n) is 17.2. The molecule has 7 nitrogen and oxygen atoms in total. The molecule has 0 radical (unpaired) electrons. The lowest BCUT2D eigenvalue weighted by Gasteiger charge is -2.14. The summed E-state index contributed by atoms with van der Waals surface area (Å²) in [7, 11) is -7.98. The van der Waals surface area contributed by atoms with Crippen LogP contribution in [0.15, 0.2) is 76.5 Å². The van der Waals surface area contributed by atoms with Gasteiger partial charge in [-0.15, -0.1) is 0 Å². The lowest BCUT2D eigenvalue weighted by molar-refractivity contribution is 0.0981. The molecule has 162 valence electrons. The summed E-state index contributed by atoms with van der Waals surface area (Å²) in [5.41, 5.74) is 2.61. The summed E-state index contributed by atoms with van der Waals surface area (Å²) in [5.74, 6) is -0.754. The molecular weight excluding hydrogens is 436 g/mol. The molecule has 0 aromatic heterocycles. The Labute approximate surface area is 182 Å². The van der Waals surface area contributed by atoms with E-state index in [0.29, 0.717) is 11.1 Å². The molecule has 0 fully saturated rings. The zero-order chi connectivity index (χ0) is 22.8. The summed E-state index contributed by atoms with van der Waals surface area (Å²) in [6.45, 7) is 5.33. The van der Waals surface area contributed by atoms with Gasteiger partial charge in [0.1, 0.15) is 0 Å². The number of amides is 1. The summed E-state index contributed by atoms with van der Waals surface area (Å²) >= 11 is 0. The monoisotopic (exact) mass is 458 g/mol. The molecule has 3 aromatic rings. The van der Waals surface area contributed by atoms with Gasteiger partial charge in [-0.3, -0.25) is 9.52 Å². The largest absolute Gasteiger partial charge is 0.280 e. The summed E-state index contributed by atoms with van der Waals surface area (Å²) in [6.07, 6.45) is 0. The van der Waals surface area contributed by atoms with Gasteiger partial charge in [-0.05, 0) is 68.3 Å². The predicted octanol–water partition coefficient (Wildman–Crippen LogP) is 3.53. The molecule has 9 heteroatoms. The molecule has 0 saturated heterocycles. The van der Waals surface area contributed by atoms with E-state index in [1.54, 1.807) is 44.2 Å². The number of hydrogen-bond acceptors (Lipinski definition) is 5. The smallest absolute Gasteiger partial charge is 0.264 e. The topological polar surface area (TPSA) is 109 Å². The highest BCUT2D eigenvalue weighted by Crippen LogP contribution is 2.25. The van der Waals surface area contributed by atoms with Crippen molar-refractivity contribution in [2.75, 3.05) is 4.72 Å². The van der Waals surface area contributed by atoms with Crippen LogP contribution in [0.25, 0.3) is 0 Å². The van der Waals surface area contributed by atoms with Gasteiger partial charge in [-0.25, -0.2) is 21.6 Å². The molecule has 0 bridgehead atoms. The Hall–Kier alpha value is -3.17. The van der Waals surface area contributed by atoms with Crippen LogP contribution >= 0.6 is 0 Å². The van der Waals surface area contributed by atoms with Crippen molar-refractivity contribution in [3.8, 4) is 0 Å². The predicted molar refractivity (Wildman–Crippen MR) is 119 cm³/mol. The first-order valence-electron chi connectivity index (χ1n) is 9.32. The van der Waals surface area contributed by atoms with E-state index in [1.165, 1.54) is 36.4 Å². The molecule has 0 saturated carbocycles. The van der Waals surface area contributed by atoms with Crippen LogP contribution in [0.5, 0.6) is 0 Å². The molecule has 2 N–H and O–H groups in total. The minimum Gasteiger partial charge on any atom is -0.280 e. The number of aryl methyl sites for hydroxylation is 3. The highest BCUT2D eigenvalue weighted by molar-refractivity contribution is 7.92. The number of benzene rings is 3. The molecule has 0 atom stereocenters.